The average molecular weight is 1090 g/mol. The van der Waals surface area contributed by atoms with Crippen molar-refractivity contribution in [2.24, 2.45) is 0 Å². The second kappa shape index (κ2) is 20.9. The maximum atomic E-state index is 3.99. The lowest BCUT2D eigenvalue weighted by Gasteiger charge is -2.33. The van der Waals surface area contributed by atoms with E-state index in [1.807, 2.05) is 0 Å². The van der Waals surface area contributed by atoms with E-state index in [2.05, 4.69) is 250 Å². The number of allylic oxidation sites excluding steroid dienone is 23. The van der Waals surface area contributed by atoms with Gasteiger partial charge >= 0.3 is 0 Å². The van der Waals surface area contributed by atoms with Crippen molar-refractivity contribution in [1.82, 2.24) is 0 Å². The van der Waals surface area contributed by atoms with Gasteiger partial charge in [-0.15, -0.1) is 0 Å². The molecule has 13 rings (SSSR count). The molecule has 0 amide bonds. The first-order chi connectivity index (χ1) is 37.1. The highest BCUT2D eigenvalue weighted by molar-refractivity contribution is 9.10. The van der Waals surface area contributed by atoms with E-state index in [1.165, 1.54) is 133 Å². The van der Waals surface area contributed by atoms with Gasteiger partial charge in [0.2, 0.25) is 0 Å². The SMILES string of the molecule is Brc1ccc2ccc(-c3c(C4=CC=CCC4)c(C4=C(C5=CC=CCC5)C(c5ccccc5)=C(C5=CC=CCC5)B4)c(-c4ccccc4)c(-c4ccc5ccc(Br)cc5c4C4=CC=CCC4)c3C3=CC=CCC3)cc2c1. The van der Waals surface area contributed by atoms with E-state index in [0.717, 1.165) is 80.4 Å². The quantitative estimate of drug-likeness (QED) is 0.120. The first-order valence-corrected chi connectivity index (χ1v) is 28.7. The van der Waals surface area contributed by atoms with E-state index in [4.69, 9.17) is 0 Å². The highest BCUT2D eigenvalue weighted by Gasteiger charge is 2.38. The minimum atomic E-state index is 0.831. The minimum Gasteiger partial charge on any atom is -0.0842 e. The van der Waals surface area contributed by atoms with Crippen LogP contribution in [-0.2, 0) is 0 Å². The van der Waals surface area contributed by atoms with Crippen molar-refractivity contribution >= 4 is 88.4 Å². The Morgan fingerprint density at radius 3 is 1.41 bits per heavy atom. The van der Waals surface area contributed by atoms with Crippen molar-refractivity contribution in [3.63, 3.8) is 0 Å². The Morgan fingerprint density at radius 1 is 0.320 bits per heavy atom. The number of fused-ring (bicyclic) bond motifs is 2. The maximum Gasteiger partial charge on any atom is 0.195 e. The number of rotatable bonds is 10. The number of benzene rings is 7. The van der Waals surface area contributed by atoms with E-state index in [1.54, 1.807) is 0 Å². The van der Waals surface area contributed by atoms with E-state index in [9.17, 15) is 0 Å². The summed E-state index contributed by atoms with van der Waals surface area (Å²) in [4.78, 5) is 0. The van der Waals surface area contributed by atoms with Gasteiger partial charge in [0.15, 0.2) is 7.28 Å². The van der Waals surface area contributed by atoms with Crippen molar-refractivity contribution < 1.29 is 0 Å². The topological polar surface area (TPSA) is 0 Å². The first kappa shape index (κ1) is 47.7. The third-order valence-electron chi connectivity index (χ3n) is 16.2. The minimum absolute atomic E-state index is 0.831. The summed E-state index contributed by atoms with van der Waals surface area (Å²) in [6, 6.07) is 48.8. The summed E-state index contributed by atoms with van der Waals surface area (Å²) in [6.07, 6.45) is 45.4. The molecule has 0 radical (unpaired) electrons. The van der Waals surface area contributed by atoms with Gasteiger partial charge < -0.3 is 0 Å². The average Bonchev–Trinajstić information content (AvgIpc) is 3.96. The number of halogens is 2. The van der Waals surface area contributed by atoms with E-state index >= 15 is 0 Å². The largest absolute Gasteiger partial charge is 0.195 e. The van der Waals surface area contributed by atoms with Gasteiger partial charge in [-0.1, -0.05) is 237 Å². The Balaban J connectivity index is 1.31. The van der Waals surface area contributed by atoms with Crippen LogP contribution in [0.5, 0.6) is 0 Å². The summed E-state index contributed by atoms with van der Waals surface area (Å²) in [7, 11) is 0.831. The fourth-order valence-electron chi connectivity index (χ4n) is 12.9. The van der Waals surface area contributed by atoms with Crippen LogP contribution in [0.4, 0.5) is 0 Å². The molecule has 3 heteroatoms. The molecule has 1 aliphatic heterocycles. The highest BCUT2D eigenvalue weighted by atomic mass is 79.9. The van der Waals surface area contributed by atoms with Crippen molar-refractivity contribution in [2.75, 3.05) is 0 Å². The molecule has 1 heterocycles. The van der Waals surface area contributed by atoms with Gasteiger partial charge in [-0.25, -0.2) is 0 Å². The Hall–Kier alpha value is -7.04. The summed E-state index contributed by atoms with van der Waals surface area (Å²) in [6.45, 7) is 0. The predicted molar refractivity (Wildman–Crippen MR) is 333 cm³/mol. The molecule has 7 aromatic carbocycles. The molecule has 0 spiro atoms. The van der Waals surface area contributed by atoms with Gasteiger partial charge in [-0.3, -0.25) is 0 Å². The van der Waals surface area contributed by atoms with Crippen LogP contribution in [0, 0.1) is 0 Å². The van der Waals surface area contributed by atoms with E-state index in [0.29, 0.717) is 0 Å². The van der Waals surface area contributed by atoms with Crippen molar-refractivity contribution in [3.05, 3.63) is 277 Å². The van der Waals surface area contributed by atoms with Gasteiger partial charge in [-0.2, -0.15) is 0 Å². The zero-order valence-electron chi connectivity index (χ0n) is 42.3. The Morgan fingerprint density at radius 2 is 0.813 bits per heavy atom. The lowest BCUT2D eigenvalue weighted by Crippen LogP contribution is -2.12. The predicted octanol–water partition coefficient (Wildman–Crippen LogP) is 20.8. The second-order valence-corrected chi connectivity index (χ2v) is 22.6. The number of hydrogen-bond acceptors (Lipinski definition) is 0. The Labute approximate surface area is 460 Å². The lowest BCUT2D eigenvalue weighted by atomic mass is 9.57. The molecule has 0 nitrogen and oxygen atoms in total. The molecule has 0 saturated carbocycles. The summed E-state index contributed by atoms with van der Waals surface area (Å²) < 4.78 is 2.18. The standard InChI is InChI=1S/C72H57BBr2/c74-58-41-38-47-36-37-56(44-57(47)45-58)66-63(50-24-10-2-11-25-50)69(60-43-40-48-39-42-59(75)46-61(48)62(60)49-22-8-1-9-23-49)65(52-28-14-4-15-29-52)70(64(66)51-26-12-3-13-27-51)72-68(54-32-18-6-19-33-54)67(53-30-16-5-17-31-53)71(73-72)55-34-20-7-21-35-55/h1-8,10,12,14-18,20,22,24,26,28-32,34,36-46,73H,9,11,13,19,21,23,25,27,33,35H2. The molecule has 0 aromatic heterocycles. The molecule has 0 atom stereocenters. The first-order valence-electron chi connectivity index (χ1n) is 27.1. The van der Waals surface area contributed by atoms with Crippen LogP contribution in [0.1, 0.15) is 92.0 Å². The van der Waals surface area contributed by atoms with E-state index < -0.39 is 0 Å². The molecule has 5 aliphatic carbocycles. The molecule has 6 aliphatic rings. The monoisotopic (exact) mass is 1090 g/mol. The van der Waals surface area contributed by atoms with Gasteiger partial charge in [0, 0.05) is 8.95 Å². The maximum absolute atomic E-state index is 3.99. The molecule has 0 saturated heterocycles. The van der Waals surface area contributed by atoms with Crippen LogP contribution in [0.3, 0.4) is 0 Å². The van der Waals surface area contributed by atoms with Crippen LogP contribution in [0.25, 0.3) is 82.7 Å². The summed E-state index contributed by atoms with van der Waals surface area (Å²) >= 11 is 7.89. The molecule has 0 N–H and O–H groups in total. The van der Waals surface area contributed by atoms with Gasteiger partial charge in [0.25, 0.3) is 0 Å². The molecule has 362 valence electrons. The Bertz CT molecular complexity index is 3890. The van der Waals surface area contributed by atoms with E-state index in [-0.39, 0.29) is 0 Å². The molecule has 0 bridgehead atoms. The summed E-state index contributed by atoms with van der Waals surface area (Å²) in [5.74, 6) is 0. The van der Waals surface area contributed by atoms with Crippen molar-refractivity contribution in [2.45, 2.75) is 64.2 Å². The van der Waals surface area contributed by atoms with Crippen LogP contribution >= 0.6 is 31.9 Å². The molecule has 75 heavy (non-hydrogen) atoms. The van der Waals surface area contributed by atoms with Crippen LogP contribution < -0.4 is 0 Å². The van der Waals surface area contributed by atoms with Gasteiger partial charge in [0.1, 0.15) is 0 Å². The molecular formula is C72H57BBr2. The van der Waals surface area contributed by atoms with Crippen LogP contribution in [0.15, 0.2) is 250 Å². The summed E-state index contributed by atoms with van der Waals surface area (Å²) in [5.41, 5.74) is 27.2. The smallest absolute Gasteiger partial charge is 0.0842 e. The van der Waals surface area contributed by atoms with Crippen molar-refractivity contribution in [3.8, 4) is 33.4 Å². The van der Waals surface area contributed by atoms with Crippen LogP contribution in [-0.4, -0.2) is 7.28 Å². The number of hydrogen-bond donors (Lipinski definition) is 0. The summed E-state index contributed by atoms with van der Waals surface area (Å²) in [5, 5.41) is 4.99. The lowest BCUT2D eigenvalue weighted by molar-refractivity contribution is 0.977. The third-order valence-corrected chi connectivity index (χ3v) is 17.2. The van der Waals surface area contributed by atoms with Gasteiger partial charge in [0.05, 0.1) is 0 Å². The highest BCUT2D eigenvalue weighted by Crippen LogP contribution is 2.58. The zero-order chi connectivity index (χ0) is 50.2. The normalized spacial score (nSPS) is 17.3. The van der Waals surface area contributed by atoms with Crippen LogP contribution in [0.2, 0.25) is 0 Å². The molecule has 0 fully saturated rings. The zero-order valence-corrected chi connectivity index (χ0v) is 45.5. The molecular weight excluding hydrogens is 1040 g/mol. The molecule has 7 aromatic rings. The fraction of sp³-hybridized carbons (Fsp3) is 0.139. The second-order valence-electron chi connectivity index (χ2n) is 20.7. The Kier molecular flexibility index (Phi) is 13.3. The van der Waals surface area contributed by atoms with Gasteiger partial charge in [-0.05, 0) is 211 Å². The third kappa shape index (κ3) is 9.02. The molecule has 0 unspecified atom stereocenters. The van der Waals surface area contributed by atoms with Crippen molar-refractivity contribution in [1.29, 1.82) is 0 Å². The fourth-order valence-corrected chi connectivity index (χ4v) is 13.6.